The number of carbonyl (C=O) groups is 1. The number of hydrogen-bond donors (Lipinski definition) is 1. The molecule has 0 fully saturated rings. The van der Waals surface area contributed by atoms with Crippen LogP contribution < -0.4 is 10.1 Å². The highest BCUT2D eigenvalue weighted by molar-refractivity contribution is 7.89. The SMILES string of the molecule is CCN(CC)S(=O)(=O)c1cc(Cl)ccc1OCC(=O)Nc1cc(C(F)(F)F)cc(C(F)(F)F)c1. The predicted octanol–water partition coefficient (Wildman–Crippen LogP) is 5.43. The number of halogens is 7. The van der Waals surface area contributed by atoms with E-state index in [1.165, 1.54) is 12.1 Å². The summed E-state index contributed by atoms with van der Waals surface area (Å²) in [6.07, 6.45) is -10.2. The highest BCUT2D eigenvalue weighted by Crippen LogP contribution is 2.37. The first-order valence-electron chi connectivity index (χ1n) is 9.61. The molecule has 0 saturated carbocycles. The van der Waals surface area contributed by atoms with Gasteiger partial charge in [0, 0.05) is 23.8 Å². The fourth-order valence-corrected chi connectivity index (χ4v) is 4.72. The number of sulfonamides is 1. The number of anilines is 1. The molecule has 1 N–H and O–H groups in total. The molecule has 188 valence electrons. The molecule has 2 aromatic carbocycles. The van der Waals surface area contributed by atoms with Crippen LogP contribution in [0.15, 0.2) is 41.3 Å². The van der Waals surface area contributed by atoms with Crippen molar-refractivity contribution in [1.82, 2.24) is 4.31 Å². The summed E-state index contributed by atoms with van der Waals surface area (Å²) in [5, 5.41) is 1.96. The topological polar surface area (TPSA) is 75.7 Å². The molecule has 2 aromatic rings. The third kappa shape index (κ3) is 6.76. The quantitative estimate of drug-likeness (QED) is 0.460. The zero-order valence-corrected chi connectivity index (χ0v) is 19.3. The summed E-state index contributed by atoms with van der Waals surface area (Å²) in [6, 6.07) is 4.17. The Morgan fingerprint density at radius 3 is 1.97 bits per heavy atom. The zero-order valence-electron chi connectivity index (χ0n) is 17.7. The lowest BCUT2D eigenvalue weighted by molar-refractivity contribution is -0.143. The Morgan fingerprint density at radius 2 is 1.50 bits per heavy atom. The molecule has 0 aliphatic heterocycles. The van der Waals surface area contributed by atoms with Gasteiger partial charge in [-0.2, -0.15) is 30.6 Å². The van der Waals surface area contributed by atoms with Gasteiger partial charge in [0.2, 0.25) is 10.0 Å². The molecule has 1 amide bonds. The van der Waals surface area contributed by atoms with Gasteiger partial charge in [-0.25, -0.2) is 8.42 Å². The van der Waals surface area contributed by atoms with E-state index in [2.05, 4.69) is 0 Å². The first-order chi connectivity index (χ1) is 15.6. The van der Waals surface area contributed by atoms with Crippen LogP contribution in [0.1, 0.15) is 25.0 Å². The van der Waals surface area contributed by atoms with Crippen molar-refractivity contribution in [2.24, 2.45) is 0 Å². The Labute approximate surface area is 196 Å². The predicted molar refractivity (Wildman–Crippen MR) is 112 cm³/mol. The molecule has 0 atom stereocenters. The maximum absolute atomic E-state index is 13.0. The number of rotatable bonds is 8. The Kier molecular flexibility index (Phi) is 8.48. The number of benzene rings is 2. The zero-order chi connectivity index (χ0) is 25.9. The molecular formula is C20H19ClF6N2O4S. The summed E-state index contributed by atoms with van der Waals surface area (Å²) in [5.41, 5.74) is -3.98. The minimum Gasteiger partial charge on any atom is -0.482 e. The summed E-state index contributed by atoms with van der Waals surface area (Å²) in [6.45, 7) is 2.55. The summed E-state index contributed by atoms with van der Waals surface area (Å²) < 4.78 is 110. The van der Waals surface area contributed by atoms with E-state index in [0.29, 0.717) is 12.1 Å². The maximum Gasteiger partial charge on any atom is 0.416 e. The van der Waals surface area contributed by atoms with Gasteiger partial charge in [-0.3, -0.25) is 4.79 Å². The number of nitrogens with zero attached hydrogens (tertiary/aromatic N) is 1. The number of ether oxygens (including phenoxy) is 1. The van der Waals surface area contributed by atoms with Gasteiger partial charge in [0.05, 0.1) is 11.1 Å². The number of carbonyl (C=O) groups excluding carboxylic acids is 1. The van der Waals surface area contributed by atoms with Crippen LogP contribution >= 0.6 is 11.6 Å². The Balaban J connectivity index is 2.29. The first-order valence-corrected chi connectivity index (χ1v) is 11.4. The molecule has 0 bridgehead atoms. The highest BCUT2D eigenvalue weighted by Gasteiger charge is 2.37. The molecule has 14 heteroatoms. The van der Waals surface area contributed by atoms with Crippen molar-refractivity contribution in [2.45, 2.75) is 31.1 Å². The van der Waals surface area contributed by atoms with E-state index < -0.39 is 51.7 Å². The Hall–Kier alpha value is -2.51. The second-order valence-electron chi connectivity index (χ2n) is 6.81. The van der Waals surface area contributed by atoms with E-state index in [-0.39, 0.29) is 34.8 Å². The van der Waals surface area contributed by atoms with Crippen molar-refractivity contribution in [2.75, 3.05) is 25.0 Å². The lowest BCUT2D eigenvalue weighted by atomic mass is 10.1. The summed E-state index contributed by atoms with van der Waals surface area (Å²) >= 11 is 5.89. The van der Waals surface area contributed by atoms with Crippen molar-refractivity contribution >= 4 is 33.2 Å². The van der Waals surface area contributed by atoms with Crippen LogP contribution in [0.4, 0.5) is 32.0 Å². The largest absolute Gasteiger partial charge is 0.482 e. The molecular weight excluding hydrogens is 514 g/mol. The van der Waals surface area contributed by atoms with E-state index in [4.69, 9.17) is 16.3 Å². The molecule has 0 aliphatic rings. The van der Waals surface area contributed by atoms with E-state index in [0.717, 1.165) is 10.4 Å². The maximum atomic E-state index is 13.0. The van der Waals surface area contributed by atoms with Gasteiger partial charge in [-0.05, 0) is 36.4 Å². The van der Waals surface area contributed by atoms with Crippen LogP contribution in [0.2, 0.25) is 5.02 Å². The summed E-state index contributed by atoms with van der Waals surface area (Å²) in [4.78, 5) is 11.8. The number of hydrogen-bond acceptors (Lipinski definition) is 4. The van der Waals surface area contributed by atoms with Gasteiger partial charge in [0.15, 0.2) is 6.61 Å². The first kappa shape index (κ1) is 27.7. The second-order valence-corrected chi connectivity index (χ2v) is 9.15. The van der Waals surface area contributed by atoms with E-state index >= 15 is 0 Å². The molecule has 0 aliphatic carbocycles. The smallest absolute Gasteiger partial charge is 0.416 e. The third-order valence-corrected chi connectivity index (χ3v) is 6.77. The average Bonchev–Trinajstić information content (AvgIpc) is 2.72. The van der Waals surface area contributed by atoms with Gasteiger partial charge < -0.3 is 10.1 Å². The van der Waals surface area contributed by atoms with Crippen LogP contribution in [-0.2, 0) is 27.2 Å². The van der Waals surface area contributed by atoms with Gasteiger partial charge in [0.1, 0.15) is 10.6 Å². The molecule has 0 saturated heterocycles. The minimum atomic E-state index is -5.09. The molecule has 0 radical (unpaired) electrons. The highest BCUT2D eigenvalue weighted by atomic mass is 35.5. The standard InChI is InChI=1S/C20H19ClF6N2O4S/c1-3-29(4-2)34(31,32)17-10-14(21)5-6-16(17)33-11-18(30)28-15-8-12(19(22,23)24)7-13(9-15)20(25,26)27/h5-10H,3-4,11H2,1-2H3,(H,28,30). The van der Waals surface area contributed by atoms with E-state index in [1.807, 2.05) is 5.32 Å². The van der Waals surface area contributed by atoms with Crippen molar-refractivity contribution in [1.29, 1.82) is 0 Å². The van der Waals surface area contributed by atoms with Crippen LogP contribution in [0.25, 0.3) is 0 Å². The molecule has 6 nitrogen and oxygen atoms in total. The van der Waals surface area contributed by atoms with Crippen LogP contribution in [-0.4, -0.2) is 38.3 Å². The monoisotopic (exact) mass is 532 g/mol. The summed E-state index contributed by atoms with van der Waals surface area (Å²) in [7, 11) is -4.06. The Morgan fingerprint density at radius 1 is 0.971 bits per heavy atom. The van der Waals surface area contributed by atoms with Crippen molar-refractivity contribution in [3.8, 4) is 5.75 Å². The molecule has 0 aromatic heterocycles. The van der Waals surface area contributed by atoms with Gasteiger partial charge >= 0.3 is 12.4 Å². The lowest BCUT2D eigenvalue weighted by Gasteiger charge is -2.20. The van der Waals surface area contributed by atoms with Crippen molar-refractivity contribution in [3.05, 3.63) is 52.5 Å². The van der Waals surface area contributed by atoms with E-state index in [1.54, 1.807) is 13.8 Å². The minimum absolute atomic E-state index is 0.0613. The fraction of sp³-hybridized carbons (Fsp3) is 0.350. The van der Waals surface area contributed by atoms with Crippen LogP contribution in [0.3, 0.4) is 0 Å². The van der Waals surface area contributed by atoms with Crippen molar-refractivity contribution in [3.63, 3.8) is 0 Å². The van der Waals surface area contributed by atoms with E-state index in [9.17, 15) is 39.6 Å². The molecule has 34 heavy (non-hydrogen) atoms. The van der Waals surface area contributed by atoms with Crippen molar-refractivity contribution < 1.29 is 44.3 Å². The second kappa shape index (κ2) is 10.4. The van der Waals surface area contributed by atoms with Crippen LogP contribution in [0.5, 0.6) is 5.75 Å². The molecule has 2 rings (SSSR count). The third-order valence-electron chi connectivity index (χ3n) is 4.46. The number of amides is 1. The number of nitrogens with one attached hydrogen (secondary N) is 1. The number of alkyl halides is 6. The van der Waals surface area contributed by atoms with Gasteiger partial charge in [-0.15, -0.1) is 0 Å². The normalized spacial score (nSPS) is 12.6. The molecule has 0 heterocycles. The lowest BCUT2D eigenvalue weighted by Crippen LogP contribution is -2.31. The summed E-state index contributed by atoms with van der Waals surface area (Å²) in [5.74, 6) is -1.39. The van der Waals surface area contributed by atoms with Gasteiger partial charge in [-0.1, -0.05) is 25.4 Å². The molecule has 0 unspecified atom stereocenters. The Bertz CT molecular complexity index is 1120. The van der Waals surface area contributed by atoms with Gasteiger partial charge in [0.25, 0.3) is 5.91 Å². The van der Waals surface area contributed by atoms with Crippen LogP contribution in [0, 0.1) is 0 Å². The average molecular weight is 533 g/mol. The molecule has 0 spiro atoms. The fourth-order valence-electron chi connectivity index (χ4n) is 2.87.